The molecular weight excluding hydrogens is 596 g/mol. The monoisotopic (exact) mass is 618 g/mol. The van der Waals surface area contributed by atoms with Gasteiger partial charge in [0.25, 0.3) is 0 Å². The third-order valence-corrected chi connectivity index (χ3v) is 5.60. The molecule has 5 nitrogen and oxygen atoms in total. The number of thiol groups is 1. The molecule has 0 unspecified atom stereocenters. The average molecular weight is 620 g/mol. The molecule has 3 atom stereocenters. The molecule has 0 heterocycles. The highest BCUT2D eigenvalue weighted by atomic mass is 79.9. The molecule has 0 aliphatic rings. The Morgan fingerprint density at radius 1 is 1.15 bits per heavy atom. The minimum absolute atomic E-state index is 0.0709. The molecule has 1 rings (SSSR count). The molecule has 1 aromatic rings. The molecule has 0 bridgehead atoms. The van der Waals surface area contributed by atoms with Crippen LogP contribution in [0, 0.1) is 11.8 Å². The van der Waals surface area contributed by atoms with Crippen LogP contribution in [0.4, 0.5) is 17.6 Å². The van der Waals surface area contributed by atoms with Crippen LogP contribution in [-0.2, 0) is 19.9 Å². The number of ether oxygens (including phenoxy) is 1. The van der Waals surface area contributed by atoms with E-state index in [-0.39, 0.29) is 16.6 Å². The summed E-state index contributed by atoms with van der Waals surface area (Å²) in [5.74, 6) is 2.48. The van der Waals surface area contributed by atoms with Gasteiger partial charge in [0.15, 0.2) is 0 Å². The van der Waals surface area contributed by atoms with E-state index in [0.717, 1.165) is 21.0 Å². The standard InChI is InChI=1S/C21H24Br2F4N2O3S/c1-19(2,24)11-15(17(30)28-16(12-33)18(31)32-3)29-20(9-4-10-22,21(25,26)27)13-5-7-14(23)8-6-13/h5-8,15-16,29,33H,10-12H2,1-3H3,(H,28,30)/t15-,16-,20-/m0/s1. The van der Waals surface area contributed by atoms with Crippen molar-refractivity contribution in [3.63, 3.8) is 0 Å². The number of alkyl halides is 5. The molecule has 0 fully saturated rings. The van der Waals surface area contributed by atoms with Gasteiger partial charge in [0.05, 0.1) is 18.5 Å². The number of hydrogen-bond acceptors (Lipinski definition) is 5. The summed E-state index contributed by atoms with van der Waals surface area (Å²) in [7, 11) is 1.09. The van der Waals surface area contributed by atoms with Crippen molar-refractivity contribution in [1.82, 2.24) is 10.6 Å². The quantitative estimate of drug-likeness (QED) is 0.127. The Bertz CT molecular complexity index is 883. The van der Waals surface area contributed by atoms with E-state index in [0.29, 0.717) is 4.47 Å². The van der Waals surface area contributed by atoms with E-state index >= 15 is 0 Å². The normalized spacial score (nSPS) is 15.5. The molecule has 0 aliphatic carbocycles. The molecule has 184 valence electrons. The van der Waals surface area contributed by atoms with Gasteiger partial charge in [-0.05, 0) is 31.5 Å². The number of carbonyl (C=O) groups excluding carboxylic acids is 2. The van der Waals surface area contributed by atoms with Crippen LogP contribution in [-0.4, -0.2) is 54.0 Å². The summed E-state index contributed by atoms with van der Waals surface area (Å²) in [5.41, 5.74) is -5.33. The summed E-state index contributed by atoms with van der Waals surface area (Å²) >= 11 is 10.1. The zero-order chi connectivity index (χ0) is 25.4. The van der Waals surface area contributed by atoms with Crippen LogP contribution < -0.4 is 10.6 Å². The van der Waals surface area contributed by atoms with Crippen LogP contribution in [0.1, 0.15) is 25.8 Å². The lowest BCUT2D eigenvalue weighted by Crippen LogP contribution is -2.62. The van der Waals surface area contributed by atoms with E-state index in [4.69, 9.17) is 0 Å². The zero-order valence-corrected chi connectivity index (χ0v) is 22.1. The average Bonchev–Trinajstić information content (AvgIpc) is 2.72. The maximum Gasteiger partial charge on any atom is 0.422 e. The van der Waals surface area contributed by atoms with Gasteiger partial charge in [0.1, 0.15) is 11.7 Å². The number of nitrogens with one attached hydrogen (secondary N) is 2. The molecule has 1 aromatic carbocycles. The van der Waals surface area contributed by atoms with Crippen LogP contribution in [0.2, 0.25) is 0 Å². The number of methoxy groups -OCH3 is 1. The van der Waals surface area contributed by atoms with Crippen LogP contribution >= 0.6 is 44.5 Å². The van der Waals surface area contributed by atoms with E-state index in [1.54, 1.807) is 0 Å². The maximum atomic E-state index is 14.6. The summed E-state index contributed by atoms with van der Waals surface area (Å²) in [5, 5.41) is 4.47. The summed E-state index contributed by atoms with van der Waals surface area (Å²) in [6, 6.07) is 2.25. The van der Waals surface area contributed by atoms with Crippen LogP contribution in [0.15, 0.2) is 28.7 Å². The molecule has 0 saturated heterocycles. The van der Waals surface area contributed by atoms with Crippen molar-refractivity contribution >= 4 is 56.4 Å². The van der Waals surface area contributed by atoms with E-state index in [1.165, 1.54) is 24.3 Å². The van der Waals surface area contributed by atoms with Gasteiger partial charge in [0.2, 0.25) is 11.4 Å². The van der Waals surface area contributed by atoms with Gasteiger partial charge in [-0.2, -0.15) is 25.8 Å². The van der Waals surface area contributed by atoms with Crippen molar-refractivity contribution < 1.29 is 31.9 Å². The first-order valence-corrected chi connectivity index (χ1v) is 12.1. The van der Waals surface area contributed by atoms with Gasteiger partial charge in [-0.25, -0.2) is 9.18 Å². The van der Waals surface area contributed by atoms with E-state index in [2.05, 4.69) is 71.7 Å². The van der Waals surface area contributed by atoms with E-state index in [1.807, 2.05) is 0 Å². The van der Waals surface area contributed by atoms with Gasteiger partial charge >= 0.3 is 12.1 Å². The number of amides is 1. The first kappa shape index (κ1) is 29.7. The predicted octanol–water partition coefficient (Wildman–Crippen LogP) is 4.29. The van der Waals surface area contributed by atoms with Crippen LogP contribution in [0.25, 0.3) is 0 Å². The van der Waals surface area contributed by atoms with Crippen molar-refractivity contribution in [2.75, 3.05) is 18.2 Å². The largest absolute Gasteiger partial charge is 0.467 e. The fourth-order valence-corrected chi connectivity index (χ4v) is 3.57. The van der Waals surface area contributed by atoms with Gasteiger partial charge in [-0.3, -0.25) is 10.1 Å². The van der Waals surface area contributed by atoms with Crippen molar-refractivity contribution in [2.45, 2.75) is 49.7 Å². The van der Waals surface area contributed by atoms with Crippen molar-refractivity contribution in [3.8, 4) is 11.8 Å². The second kappa shape index (κ2) is 12.4. The highest BCUT2D eigenvalue weighted by molar-refractivity contribution is 9.10. The fraction of sp³-hybridized carbons (Fsp3) is 0.524. The van der Waals surface area contributed by atoms with Gasteiger partial charge < -0.3 is 10.1 Å². The summed E-state index contributed by atoms with van der Waals surface area (Å²) in [6.07, 6.45) is -5.63. The van der Waals surface area contributed by atoms with Gasteiger partial charge in [-0.1, -0.05) is 55.8 Å². The summed E-state index contributed by atoms with van der Waals surface area (Å²) in [6.45, 7) is 2.26. The fourth-order valence-electron chi connectivity index (χ4n) is 2.92. The third-order valence-electron chi connectivity index (χ3n) is 4.43. The maximum absolute atomic E-state index is 14.6. The number of benzene rings is 1. The molecule has 33 heavy (non-hydrogen) atoms. The second-order valence-electron chi connectivity index (χ2n) is 7.58. The first-order chi connectivity index (χ1) is 15.2. The third kappa shape index (κ3) is 8.46. The number of esters is 1. The smallest absolute Gasteiger partial charge is 0.422 e. The molecule has 2 N–H and O–H groups in total. The number of rotatable bonds is 9. The Morgan fingerprint density at radius 3 is 2.15 bits per heavy atom. The Morgan fingerprint density at radius 2 is 1.73 bits per heavy atom. The predicted molar refractivity (Wildman–Crippen MR) is 128 cm³/mol. The topological polar surface area (TPSA) is 67.4 Å². The molecule has 12 heteroatoms. The van der Waals surface area contributed by atoms with Crippen molar-refractivity contribution in [2.24, 2.45) is 0 Å². The lowest BCUT2D eigenvalue weighted by Gasteiger charge is -2.37. The Labute approximate surface area is 212 Å². The number of hydrogen-bond donors (Lipinski definition) is 3. The van der Waals surface area contributed by atoms with Crippen molar-refractivity contribution in [3.05, 3.63) is 34.3 Å². The number of carbonyl (C=O) groups is 2. The second-order valence-corrected chi connectivity index (χ2v) is 9.42. The highest BCUT2D eigenvalue weighted by Crippen LogP contribution is 2.40. The van der Waals surface area contributed by atoms with E-state index < -0.39 is 47.8 Å². The van der Waals surface area contributed by atoms with Gasteiger partial charge in [-0.15, -0.1) is 0 Å². The minimum atomic E-state index is -5.00. The Balaban J connectivity index is 3.59. The highest BCUT2D eigenvalue weighted by Gasteiger charge is 2.57. The molecule has 0 aliphatic heterocycles. The molecular formula is C21H24Br2F4N2O3S. The molecule has 0 saturated carbocycles. The van der Waals surface area contributed by atoms with Crippen LogP contribution in [0.3, 0.4) is 0 Å². The Hall–Kier alpha value is -1.29. The zero-order valence-electron chi connectivity index (χ0n) is 18.0. The Kier molecular flexibility index (Phi) is 11.2. The lowest BCUT2D eigenvalue weighted by atomic mass is 9.87. The van der Waals surface area contributed by atoms with E-state index in [9.17, 15) is 27.2 Å². The van der Waals surface area contributed by atoms with Crippen LogP contribution in [0.5, 0.6) is 0 Å². The molecule has 0 radical (unpaired) electrons. The molecule has 1 amide bonds. The lowest BCUT2D eigenvalue weighted by molar-refractivity contribution is -0.185. The molecule has 0 spiro atoms. The summed E-state index contributed by atoms with van der Waals surface area (Å²) in [4.78, 5) is 24.8. The van der Waals surface area contributed by atoms with Crippen molar-refractivity contribution in [1.29, 1.82) is 0 Å². The minimum Gasteiger partial charge on any atom is -0.467 e. The summed E-state index contributed by atoms with van der Waals surface area (Å²) < 4.78 is 63.3. The SMILES string of the molecule is COC(=O)[C@H](CS)NC(=O)[C@H](CC(C)(C)F)N[C@@](C#CCBr)(c1ccc(Br)cc1)C(F)(F)F. The number of halogens is 6. The van der Waals surface area contributed by atoms with Gasteiger partial charge in [0, 0.05) is 16.6 Å². The molecule has 0 aromatic heterocycles. The first-order valence-electron chi connectivity index (χ1n) is 9.55.